The van der Waals surface area contributed by atoms with Crippen LogP contribution in [-0.2, 0) is 19.8 Å². The van der Waals surface area contributed by atoms with Crippen molar-refractivity contribution >= 4 is 11.6 Å². The Morgan fingerprint density at radius 2 is 2.00 bits per heavy atom. The van der Waals surface area contributed by atoms with Gasteiger partial charge >= 0.3 is 6.18 Å². The molecular formula is C11H13F3N6. The largest absolute Gasteiger partial charge is 0.416 e. The van der Waals surface area contributed by atoms with E-state index in [2.05, 4.69) is 20.8 Å². The highest BCUT2D eigenvalue weighted by molar-refractivity contribution is 5.49. The molecule has 0 aromatic carbocycles. The van der Waals surface area contributed by atoms with Crippen LogP contribution in [0, 0.1) is 0 Å². The molecule has 0 aliphatic heterocycles. The minimum Gasteiger partial charge on any atom is -0.366 e. The number of nitrogens with two attached hydrogens (primary N) is 1. The van der Waals surface area contributed by atoms with Gasteiger partial charge in [-0.2, -0.15) is 18.3 Å². The molecule has 0 unspecified atom stereocenters. The number of nitrogens with zero attached hydrogens (tertiary/aromatic N) is 3. The second-order valence-electron chi connectivity index (χ2n) is 4.14. The van der Waals surface area contributed by atoms with Gasteiger partial charge in [0.2, 0.25) is 0 Å². The van der Waals surface area contributed by atoms with Crippen molar-refractivity contribution in [3.63, 3.8) is 0 Å². The Kier molecular flexibility index (Phi) is 3.79. The van der Waals surface area contributed by atoms with E-state index in [9.17, 15) is 13.2 Å². The monoisotopic (exact) mass is 286 g/mol. The smallest absolute Gasteiger partial charge is 0.366 e. The average Bonchev–Trinajstić information content (AvgIpc) is 2.81. The Balaban J connectivity index is 2.18. The van der Waals surface area contributed by atoms with Crippen LogP contribution in [0.15, 0.2) is 24.5 Å². The Bertz CT molecular complexity index is 592. The van der Waals surface area contributed by atoms with Crippen LogP contribution in [0.3, 0.4) is 0 Å². The molecule has 6 nitrogen and oxygen atoms in total. The highest BCUT2D eigenvalue weighted by Crippen LogP contribution is 2.31. The van der Waals surface area contributed by atoms with E-state index in [-0.39, 0.29) is 11.6 Å². The topological polar surface area (TPSA) is 80.8 Å². The minimum atomic E-state index is -4.46. The zero-order valence-corrected chi connectivity index (χ0v) is 10.6. The number of hydrogen-bond acceptors (Lipinski definition) is 5. The molecule has 2 heterocycles. The fourth-order valence-corrected chi connectivity index (χ4v) is 1.61. The lowest BCUT2D eigenvalue weighted by atomic mass is 10.2. The highest BCUT2D eigenvalue weighted by Gasteiger charge is 2.31. The molecule has 9 heteroatoms. The van der Waals surface area contributed by atoms with E-state index in [1.165, 1.54) is 0 Å². The predicted molar refractivity (Wildman–Crippen MR) is 67.6 cm³/mol. The molecule has 20 heavy (non-hydrogen) atoms. The number of pyridine rings is 1. The minimum absolute atomic E-state index is 0.0616. The van der Waals surface area contributed by atoms with Crippen molar-refractivity contribution in [3.05, 3.63) is 35.7 Å². The number of nitrogen functional groups attached to an aromatic ring is 1. The number of hydrazine groups is 1. The van der Waals surface area contributed by atoms with E-state index in [0.29, 0.717) is 6.54 Å². The van der Waals surface area contributed by atoms with Gasteiger partial charge in [-0.25, -0.2) is 10.8 Å². The van der Waals surface area contributed by atoms with Crippen LogP contribution in [0.5, 0.6) is 0 Å². The Labute approximate surface area is 112 Å². The van der Waals surface area contributed by atoms with Gasteiger partial charge < -0.3 is 10.7 Å². The van der Waals surface area contributed by atoms with Gasteiger partial charge in [-0.05, 0) is 12.1 Å². The molecule has 0 saturated heterocycles. The maximum atomic E-state index is 12.7. The summed E-state index contributed by atoms with van der Waals surface area (Å²) in [7, 11) is 1.75. The molecule has 0 bridgehead atoms. The van der Waals surface area contributed by atoms with Crippen LogP contribution in [0.1, 0.15) is 11.1 Å². The summed E-state index contributed by atoms with van der Waals surface area (Å²) in [4.78, 5) is 3.91. The molecule has 0 radical (unpaired) electrons. The van der Waals surface area contributed by atoms with E-state index in [0.717, 1.165) is 17.7 Å². The van der Waals surface area contributed by atoms with Gasteiger partial charge in [0, 0.05) is 25.4 Å². The van der Waals surface area contributed by atoms with Crippen LogP contribution in [-0.4, -0.2) is 14.8 Å². The molecule has 0 saturated carbocycles. The predicted octanol–water partition coefficient (Wildman–Crippen LogP) is 1.73. The third-order valence-corrected chi connectivity index (χ3v) is 2.53. The molecule has 2 aromatic heterocycles. The second-order valence-corrected chi connectivity index (χ2v) is 4.14. The normalized spacial score (nSPS) is 11.4. The van der Waals surface area contributed by atoms with Crippen LogP contribution in [0.25, 0.3) is 0 Å². The van der Waals surface area contributed by atoms with Crippen LogP contribution in [0.2, 0.25) is 0 Å². The van der Waals surface area contributed by atoms with E-state index in [1.807, 2.05) is 0 Å². The van der Waals surface area contributed by atoms with Crippen molar-refractivity contribution in [2.24, 2.45) is 12.9 Å². The SMILES string of the molecule is Cn1cc(CNc2cc(C(F)(F)F)cc(NN)n2)cn1. The molecule has 0 fully saturated rings. The Morgan fingerprint density at radius 3 is 2.55 bits per heavy atom. The fourth-order valence-electron chi connectivity index (χ4n) is 1.61. The number of aromatic nitrogens is 3. The summed E-state index contributed by atoms with van der Waals surface area (Å²) >= 11 is 0. The van der Waals surface area contributed by atoms with E-state index < -0.39 is 11.7 Å². The number of alkyl halides is 3. The maximum Gasteiger partial charge on any atom is 0.416 e. The Morgan fingerprint density at radius 1 is 1.30 bits per heavy atom. The molecule has 0 aliphatic rings. The molecule has 108 valence electrons. The van der Waals surface area contributed by atoms with Gasteiger partial charge in [0.15, 0.2) is 0 Å². The Hall–Kier alpha value is -2.29. The van der Waals surface area contributed by atoms with Crippen molar-refractivity contribution in [1.29, 1.82) is 0 Å². The van der Waals surface area contributed by atoms with E-state index in [4.69, 9.17) is 5.84 Å². The van der Waals surface area contributed by atoms with Crippen molar-refractivity contribution in [2.45, 2.75) is 12.7 Å². The average molecular weight is 286 g/mol. The number of aryl methyl sites for hydroxylation is 1. The number of rotatable bonds is 4. The van der Waals surface area contributed by atoms with E-state index >= 15 is 0 Å². The third kappa shape index (κ3) is 3.38. The lowest BCUT2D eigenvalue weighted by Crippen LogP contribution is -2.13. The van der Waals surface area contributed by atoms with Crippen molar-refractivity contribution in [3.8, 4) is 0 Å². The standard InChI is InChI=1S/C11H13F3N6/c1-20-6-7(5-17-20)4-16-9-2-8(11(12,13)14)3-10(18-9)19-15/h2-3,5-6H,4,15H2,1H3,(H2,16,18,19). The van der Waals surface area contributed by atoms with Crippen molar-refractivity contribution in [1.82, 2.24) is 14.8 Å². The molecule has 2 aromatic rings. The highest BCUT2D eigenvalue weighted by atomic mass is 19.4. The van der Waals surface area contributed by atoms with Crippen molar-refractivity contribution < 1.29 is 13.2 Å². The first kappa shape index (κ1) is 14.1. The quantitative estimate of drug-likeness (QED) is 0.589. The first-order valence-electron chi connectivity index (χ1n) is 5.66. The molecule has 0 amide bonds. The first-order chi connectivity index (χ1) is 9.38. The summed E-state index contributed by atoms with van der Waals surface area (Å²) in [5.74, 6) is 5.14. The summed E-state index contributed by atoms with van der Waals surface area (Å²) in [6, 6.07) is 1.77. The van der Waals surface area contributed by atoms with Crippen LogP contribution in [0.4, 0.5) is 24.8 Å². The lowest BCUT2D eigenvalue weighted by Gasteiger charge is -2.12. The molecule has 0 aliphatic carbocycles. The number of hydrogen-bond donors (Lipinski definition) is 3. The van der Waals surface area contributed by atoms with Gasteiger partial charge in [0.25, 0.3) is 0 Å². The number of nitrogens with one attached hydrogen (secondary N) is 2. The van der Waals surface area contributed by atoms with Gasteiger partial charge in [-0.15, -0.1) is 0 Å². The van der Waals surface area contributed by atoms with Gasteiger partial charge in [-0.1, -0.05) is 0 Å². The van der Waals surface area contributed by atoms with Crippen LogP contribution >= 0.6 is 0 Å². The molecular weight excluding hydrogens is 273 g/mol. The van der Waals surface area contributed by atoms with E-state index in [1.54, 1.807) is 24.1 Å². The third-order valence-electron chi connectivity index (χ3n) is 2.53. The summed E-state index contributed by atoms with van der Waals surface area (Å²) in [6.45, 7) is 0.312. The second kappa shape index (κ2) is 5.37. The fraction of sp³-hybridized carbons (Fsp3) is 0.273. The van der Waals surface area contributed by atoms with Crippen LogP contribution < -0.4 is 16.6 Å². The molecule has 4 N–H and O–H groups in total. The zero-order valence-electron chi connectivity index (χ0n) is 10.6. The summed E-state index contributed by atoms with van der Waals surface area (Å²) in [5, 5.41) is 6.76. The molecule has 0 atom stereocenters. The van der Waals surface area contributed by atoms with Crippen molar-refractivity contribution in [2.75, 3.05) is 10.7 Å². The van der Waals surface area contributed by atoms with Gasteiger partial charge in [0.05, 0.1) is 11.8 Å². The van der Waals surface area contributed by atoms with Gasteiger partial charge in [-0.3, -0.25) is 4.68 Å². The molecule has 2 rings (SSSR count). The summed E-state index contributed by atoms with van der Waals surface area (Å²) < 4.78 is 39.7. The molecule has 0 spiro atoms. The lowest BCUT2D eigenvalue weighted by molar-refractivity contribution is -0.137. The number of anilines is 2. The summed E-state index contributed by atoms with van der Waals surface area (Å²) in [5.41, 5.74) is 2.12. The zero-order chi connectivity index (χ0) is 14.8. The summed E-state index contributed by atoms with van der Waals surface area (Å²) in [6.07, 6.45) is -1.09. The maximum absolute atomic E-state index is 12.7. The number of halogens is 3. The van der Waals surface area contributed by atoms with Gasteiger partial charge in [0.1, 0.15) is 11.6 Å². The first-order valence-corrected chi connectivity index (χ1v) is 5.66.